The molecule has 0 saturated carbocycles. The number of carbonyl (C=O) groups is 1. The van der Waals surface area contributed by atoms with Crippen LogP contribution in [0.25, 0.3) is 0 Å². The molecule has 7 nitrogen and oxygen atoms in total. The minimum atomic E-state index is -1.25. The number of nitro benzene ring substituents is 1. The monoisotopic (exact) mass is 314 g/mol. The van der Waals surface area contributed by atoms with E-state index in [1.165, 1.54) is 0 Å². The van der Waals surface area contributed by atoms with Gasteiger partial charge in [0, 0.05) is 32.3 Å². The highest BCUT2D eigenvalue weighted by Gasteiger charge is 2.25. The molecule has 8 heteroatoms. The van der Waals surface area contributed by atoms with Crippen LogP contribution < -0.4 is 4.90 Å². The zero-order valence-electron chi connectivity index (χ0n) is 11.4. The number of hydrogen-bond donors (Lipinski definition) is 1. The summed E-state index contributed by atoms with van der Waals surface area (Å²) in [7, 11) is 1.70. The lowest BCUT2D eigenvalue weighted by Crippen LogP contribution is -2.30. The summed E-state index contributed by atoms with van der Waals surface area (Å²) < 4.78 is 5.51. The van der Waals surface area contributed by atoms with E-state index < -0.39 is 10.9 Å². The van der Waals surface area contributed by atoms with E-state index in [0.717, 1.165) is 25.0 Å². The van der Waals surface area contributed by atoms with Crippen molar-refractivity contribution in [2.45, 2.75) is 18.9 Å². The molecule has 1 aliphatic heterocycles. The number of rotatable bonds is 5. The molecule has 0 bridgehead atoms. The molecule has 1 unspecified atom stereocenters. The Morgan fingerprint density at radius 1 is 1.62 bits per heavy atom. The van der Waals surface area contributed by atoms with Crippen LogP contribution in [-0.4, -0.2) is 42.3 Å². The van der Waals surface area contributed by atoms with Crippen LogP contribution in [0.2, 0.25) is 5.02 Å². The Bertz CT molecular complexity index is 572. The lowest BCUT2D eigenvalue weighted by molar-refractivity contribution is -0.384. The van der Waals surface area contributed by atoms with Gasteiger partial charge in [-0.25, -0.2) is 4.79 Å². The Morgan fingerprint density at radius 2 is 2.33 bits per heavy atom. The van der Waals surface area contributed by atoms with Gasteiger partial charge in [-0.05, 0) is 12.8 Å². The number of hydrogen-bond acceptors (Lipinski definition) is 5. The predicted molar refractivity (Wildman–Crippen MR) is 77.3 cm³/mol. The Balaban J connectivity index is 2.36. The van der Waals surface area contributed by atoms with Gasteiger partial charge >= 0.3 is 5.97 Å². The number of halogens is 1. The molecule has 114 valence electrons. The minimum Gasteiger partial charge on any atom is -0.478 e. The normalized spacial score (nSPS) is 17.7. The highest BCUT2D eigenvalue weighted by molar-refractivity contribution is 6.34. The average molecular weight is 315 g/mol. The number of non-ortho nitro benzene ring substituents is 1. The summed E-state index contributed by atoms with van der Waals surface area (Å²) in [6.07, 6.45) is 1.89. The largest absolute Gasteiger partial charge is 0.478 e. The summed E-state index contributed by atoms with van der Waals surface area (Å²) >= 11 is 6.05. The van der Waals surface area contributed by atoms with Crippen molar-refractivity contribution in [2.75, 3.05) is 25.1 Å². The molecular formula is C13H15ClN2O5. The first-order valence-corrected chi connectivity index (χ1v) is 6.82. The molecular weight excluding hydrogens is 300 g/mol. The lowest BCUT2D eigenvalue weighted by atomic mass is 10.1. The van der Waals surface area contributed by atoms with E-state index in [2.05, 4.69) is 0 Å². The van der Waals surface area contributed by atoms with Crippen LogP contribution in [-0.2, 0) is 4.74 Å². The van der Waals surface area contributed by atoms with Gasteiger partial charge in [0.05, 0.1) is 27.3 Å². The van der Waals surface area contributed by atoms with Crippen LogP contribution in [0.4, 0.5) is 11.4 Å². The maximum Gasteiger partial charge on any atom is 0.338 e. The summed E-state index contributed by atoms with van der Waals surface area (Å²) in [5.74, 6) is -1.25. The van der Waals surface area contributed by atoms with E-state index in [1.807, 2.05) is 0 Å². The number of carboxylic acid groups (broad SMARTS) is 1. The zero-order chi connectivity index (χ0) is 15.6. The van der Waals surface area contributed by atoms with E-state index in [-0.39, 0.29) is 28.1 Å². The van der Waals surface area contributed by atoms with Crippen LogP contribution in [0.15, 0.2) is 12.1 Å². The van der Waals surface area contributed by atoms with Gasteiger partial charge in [-0.2, -0.15) is 0 Å². The molecule has 1 aromatic rings. The Labute approximate surface area is 126 Å². The first-order chi connectivity index (χ1) is 9.90. The second kappa shape index (κ2) is 6.28. The third-order valence-corrected chi connectivity index (χ3v) is 3.66. The molecule has 1 aliphatic rings. The molecule has 1 atom stereocenters. The SMILES string of the molecule is CN(CC1CCCO1)c1c(Cl)cc([N+](=O)[O-])cc1C(=O)O. The second-order valence-corrected chi connectivity index (χ2v) is 5.31. The molecule has 0 radical (unpaired) electrons. The summed E-state index contributed by atoms with van der Waals surface area (Å²) in [4.78, 5) is 23.2. The van der Waals surface area contributed by atoms with Gasteiger partial charge in [-0.3, -0.25) is 10.1 Å². The first-order valence-electron chi connectivity index (χ1n) is 6.44. The van der Waals surface area contributed by atoms with Gasteiger partial charge < -0.3 is 14.7 Å². The van der Waals surface area contributed by atoms with E-state index >= 15 is 0 Å². The van der Waals surface area contributed by atoms with Crippen LogP contribution >= 0.6 is 11.6 Å². The maximum atomic E-state index is 11.4. The molecule has 0 aromatic heterocycles. The van der Waals surface area contributed by atoms with Crippen molar-refractivity contribution >= 4 is 28.9 Å². The molecule has 1 fully saturated rings. The fourth-order valence-electron chi connectivity index (χ4n) is 2.43. The highest BCUT2D eigenvalue weighted by atomic mass is 35.5. The van der Waals surface area contributed by atoms with Crippen LogP contribution in [0, 0.1) is 10.1 Å². The fourth-order valence-corrected chi connectivity index (χ4v) is 2.78. The molecule has 1 saturated heterocycles. The Hall–Kier alpha value is -1.86. The van der Waals surface area contributed by atoms with Crippen molar-refractivity contribution in [1.29, 1.82) is 0 Å². The number of carboxylic acids is 1. The van der Waals surface area contributed by atoms with Gasteiger partial charge in [-0.15, -0.1) is 0 Å². The molecule has 1 N–H and O–H groups in total. The predicted octanol–water partition coefficient (Wildman–Crippen LogP) is 2.56. The highest BCUT2D eigenvalue weighted by Crippen LogP contribution is 2.34. The van der Waals surface area contributed by atoms with Gasteiger partial charge in [0.15, 0.2) is 0 Å². The number of ether oxygens (including phenoxy) is 1. The molecule has 1 heterocycles. The summed E-state index contributed by atoms with van der Waals surface area (Å²) in [6.45, 7) is 1.18. The molecule has 0 aliphatic carbocycles. The van der Waals surface area contributed by atoms with E-state index in [9.17, 15) is 20.0 Å². The topological polar surface area (TPSA) is 92.9 Å². The summed E-state index contributed by atoms with van der Waals surface area (Å²) in [5, 5.41) is 20.1. The molecule has 21 heavy (non-hydrogen) atoms. The van der Waals surface area contributed by atoms with Crippen molar-refractivity contribution < 1.29 is 19.6 Å². The summed E-state index contributed by atoms with van der Waals surface area (Å²) in [6, 6.07) is 2.19. The number of nitrogens with zero attached hydrogens (tertiary/aromatic N) is 2. The molecule has 1 aromatic carbocycles. The van der Waals surface area contributed by atoms with Gasteiger partial charge in [0.2, 0.25) is 0 Å². The van der Waals surface area contributed by atoms with Crippen LogP contribution in [0.5, 0.6) is 0 Å². The Kier molecular flexibility index (Phi) is 4.64. The Morgan fingerprint density at radius 3 is 2.86 bits per heavy atom. The van der Waals surface area contributed by atoms with Crippen LogP contribution in [0.1, 0.15) is 23.2 Å². The number of aromatic carboxylic acids is 1. The average Bonchev–Trinajstić information content (AvgIpc) is 2.90. The van der Waals surface area contributed by atoms with Gasteiger partial charge in [0.1, 0.15) is 0 Å². The quantitative estimate of drug-likeness (QED) is 0.663. The summed E-state index contributed by atoms with van der Waals surface area (Å²) in [5.41, 5.74) is -0.258. The van der Waals surface area contributed by atoms with E-state index in [4.69, 9.17) is 16.3 Å². The first kappa shape index (κ1) is 15.5. The minimum absolute atomic E-state index is 0.0166. The molecule has 0 spiro atoms. The second-order valence-electron chi connectivity index (χ2n) is 4.90. The number of likely N-dealkylation sites (N-methyl/N-ethyl adjacent to an activating group) is 1. The van der Waals surface area contributed by atoms with Crippen molar-refractivity contribution in [3.05, 3.63) is 32.8 Å². The standard InChI is InChI=1S/C13H15ClN2O5/c1-15(7-9-3-2-4-21-9)12-10(13(17)18)5-8(16(19)20)6-11(12)14/h5-6,9H,2-4,7H2,1H3,(H,17,18). The maximum absolute atomic E-state index is 11.4. The number of anilines is 1. The van der Waals surface area contributed by atoms with E-state index in [1.54, 1.807) is 11.9 Å². The van der Waals surface area contributed by atoms with Crippen molar-refractivity contribution in [3.63, 3.8) is 0 Å². The van der Waals surface area contributed by atoms with Gasteiger partial charge in [0.25, 0.3) is 5.69 Å². The molecule has 0 amide bonds. The van der Waals surface area contributed by atoms with Crippen molar-refractivity contribution in [1.82, 2.24) is 0 Å². The van der Waals surface area contributed by atoms with E-state index in [0.29, 0.717) is 13.2 Å². The lowest BCUT2D eigenvalue weighted by Gasteiger charge is -2.25. The zero-order valence-corrected chi connectivity index (χ0v) is 12.2. The third kappa shape index (κ3) is 3.43. The number of benzene rings is 1. The molecule has 2 rings (SSSR count). The number of nitro groups is 1. The smallest absolute Gasteiger partial charge is 0.338 e. The van der Waals surface area contributed by atoms with Crippen LogP contribution in [0.3, 0.4) is 0 Å². The third-order valence-electron chi connectivity index (χ3n) is 3.37. The van der Waals surface area contributed by atoms with Crippen molar-refractivity contribution in [3.8, 4) is 0 Å². The van der Waals surface area contributed by atoms with Gasteiger partial charge in [-0.1, -0.05) is 11.6 Å². The van der Waals surface area contributed by atoms with Crippen molar-refractivity contribution in [2.24, 2.45) is 0 Å². The fraction of sp³-hybridized carbons (Fsp3) is 0.462.